The van der Waals surface area contributed by atoms with Gasteiger partial charge in [-0.05, 0) is 42.0 Å². The van der Waals surface area contributed by atoms with Gasteiger partial charge in [0.15, 0.2) is 6.54 Å². The number of carbonyl (C=O) groups is 1. The van der Waals surface area contributed by atoms with Crippen LogP contribution in [0.1, 0.15) is 5.56 Å². The van der Waals surface area contributed by atoms with Gasteiger partial charge in [0.05, 0.1) is 38.2 Å². The third-order valence-corrected chi connectivity index (χ3v) is 6.85. The number of piperazine rings is 1. The van der Waals surface area contributed by atoms with Crippen molar-refractivity contribution in [2.24, 2.45) is 0 Å². The van der Waals surface area contributed by atoms with Crippen molar-refractivity contribution in [3.05, 3.63) is 59.9 Å². The average Bonchev–Trinajstić information content (AvgIpc) is 2.74. The van der Waals surface area contributed by atoms with Gasteiger partial charge in [-0.3, -0.25) is 4.79 Å². The van der Waals surface area contributed by atoms with Gasteiger partial charge in [-0.15, -0.1) is 0 Å². The molecule has 1 aliphatic heterocycles. The van der Waals surface area contributed by atoms with Crippen LogP contribution in [0, 0.1) is 5.82 Å². The molecule has 2 aromatic rings. The Balaban J connectivity index is 1.47. The molecule has 1 saturated heterocycles. The summed E-state index contributed by atoms with van der Waals surface area (Å²) in [7, 11) is -2.03. The smallest absolute Gasteiger partial charge is 0.275 e. The molecule has 0 radical (unpaired) electrons. The molecule has 9 heteroatoms. The van der Waals surface area contributed by atoms with E-state index in [4.69, 9.17) is 4.74 Å². The van der Waals surface area contributed by atoms with Crippen LogP contribution in [0.3, 0.4) is 0 Å². The van der Waals surface area contributed by atoms with Crippen molar-refractivity contribution in [2.75, 3.05) is 39.8 Å². The summed E-state index contributed by atoms with van der Waals surface area (Å²) in [4.78, 5) is 13.4. The molecule has 1 fully saturated rings. The molecule has 2 aromatic carbocycles. The zero-order valence-electron chi connectivity index (χ0n) is 16.2. The molecule has 0 aliphatic carbocycles. The van der Waals surface area contributed by atoms with Crippen LogP contribution in [0.2, 0.25) is 0 Å². The first kappa shape index (κ1) is 21.2. The van der Waals surface area contributed by atoms with Gasteiger partial charge in [0, 0.05) is 6.54 Å². The largest absolute Gasteiger partial charge is 0.497 e. The molecule has 0 bridgehead atoms. The lowest BCUT2D eigenvalue weighted by molar-refractivity contribution is -0.895. The SMILES string of the molecule is COc1ccc(S(=O)(=O)N2CC[NH+](CC(=O)NCc3ccc(F)cc3)CC2)cc1. The van der Waals surface area contributed by atoms with E-state index in [0.717, 1.165) is 10.5 Å². The third-order valence-electron chi connectivity index (χ3n) is 4.94. The summed E-state index contributed by atoms with van der Waals surface area (Å²) in [5, 5.41) is 2.82. The molecular weight excluding hydrogens is 397 g/mol. The normalized spacial score (nSPS) is 15.8. The summed E-state index contributed by atoms with van der Waals surface area (Å²) in [6, 6.07) is 12.3. The number of ether oxygens (including phenoxy) is 1. The van der Waals surface area contributed by atoms with Gasteiger partial charge in [-0.2, -0.15) is 4.31 Å². The first-order valence-corrected chi connectivity index (χ1v) is 10.8. The molecule has 1 aliphatic rings. The van der Waals surface area contributed by atoms with E-state index in [9.17, 15) is 17.6 Å². The molecule has 0 spiro atoms. The fraction of sp³-hybridized carbons (Fsp3) is 0.350. The second-order valence-electron chi connectivity index (χ2n) is 6.91. The molecular formula is C20H25FN3O4S+. The Hall–Kier alpha value is -2.49. The highest BCUT2D eigenvalue weighted by Crippen LogP contribution is 2.19. The highest BCUT2D eigenvalue weighted by molar-refractivity contribution is 7.89. The van der Waals surface area contributed by atoms with Gasteiger partial charge in [-0.1, -0.05) is 12.1 Å². The highest BCUT2D eigenvalue weighted by Gasteiger charge is 2.31. The number of halogens is 1. The van der Waals surface area contributed by atoms with Crippen molar-refractivity contribution in [3.8, 4) is 5.75 Å². The number of nitrogens with one attached hydrogen (secondary N) is 2. The van der Waals surface area contributed by atoms with E-state index in [2.05, 4.69) is 5.32 Å². The van der Waals surface area contributed by atoms with Gasteiger partial charge in [0.25, 0.3) is 5.91 Å². The van der Waals surface area contributed by atoms with Gasteiger partial charge in [0.1, 0.15) is 11.6 Å². The van der Waals surface area contributed by atoms with E-state index >= 15 is 0 Å². The summed E-state index contributed by atoms with van der Waals surface area (Å²) in [6.45, 7) is 2.44. The molecule has 1 amide bonds. The summed E-state index contributed by atoms with van der Waals surface area (Å²) >= 11 is 0. The van der Waals surface area contributed by atoms with Crippen molar-refractivity contribution in [3.63, 3.8) is 0 Å². The Morgan fingerprint density at radius 1 is 1.10 bits per heavy atom. The quantitative estimate of drug-likeness (QED) is 0.660. The Morgan fingerprint density at radius 3 is 2.31 bits per heavy atom. The zero-order valence-corrected chi connectivity index (χ0v) is 17.0. The lowest BCUT2D eigenvalue weighted by Gasteiger charge is -2.31. The Bertz CT molecular complexity index is 925. The summed E-state index contributed by atoms with van der Waals surface area (Å²) < 4.78 is 45.0. The molecule has 2 N–H and O–H groups in total. The maximum absolute atomic E-state index is 12.9. The Morgan fingerprint density at radius 2 is 1.72 bits per heavy atom. The molecule has 0 unspecified atom stereocenters. The number of sulfonamides is 1. The molecule has 3 rings (SSSR count). The number of amides is 1. The van der Waals surface area contributed by atoms with Crippen LogP contribution in [-0.4, -0.2) is 58.5 Å². The maximum atomic E-state index is 12.9. The van der Waals surface area contributed by atoms with Gasteiger partial charge in [-0.25, -0.2) is 12.8 Å². The Labute approximate surface area is 170 Å². The van der Waals surface area contributed by atoms with Crippen LogP contribution in [0.5, 0.6) is 5.75 Å². The number of methoxy groups -OCH3 is 1. The average molecular weight is 423 g/mol. The van der Waals surface area contributed by atoms with Crippen LogP contribution in [0.15, 0.2) is 53.4 Å². The minimum absolute atomic E-state index is 0.115. The van der Waals surface area contributed by atoms with Crippen molar-refractivity contribution in [2.45, 2.75) is 11.4 Å². The monoisotopic (exact) mass is 422 g/mol. The Kier molecular flexibility index (Phi) is 6.83. The number of quaternary nitrogens is 1. The summed E-state index contributed by atoms with van der Waals surface area (Å²) in [5.41, 5.74) is 0.824. The van der Waals surface area contributed by atoms with Gasteiger partial charge < -0.3 is 15.0 Å². The molecule has 156 valence electrons. The van der Waals surface area contributed by atoms with Gasteiger partial charge >= 0.3 is 0 Å². The molecule has 1 heterocycles. The van der Waals surface area contributed by atoms with Crippen molar-refractivity contribution in [1.82, 2.24) is 9.62 Å². The fourth-order valence-electron chi connectivity index (χ4n) is 3.21. The van der Waals surface area contributed by atoms with E-state index in [-0.39, 0.29) is 23.2 Å². The van der Waals surface area contributed by atoms with E-state index in [1.54, 1.807) is 24.3 Å². The zero-order chi connectivity index (χ0) is 20.9. The topological polar surface area (TPSA) is 80.2 Å². The standard InChI is InChI=1S/C20H24FN3O4S/c1-28-18-6-8-19(9-7-18)29(26,27)24-12-10-23(11-13-24)15-20(25)22-14-16-2-4-17(21)5-3-16/h2-9H,10-15H2,1H3,(H,22,25)/p+1. The number of rotatable bonds is 7. The minimum Gasteiger partial charge on any atom is -0.497 e. The van der Waals surface area contributed by atoms with Crippen LogP contribution in [0.25, 0.3) is 0 Å². The maximum Gasteiger partial charge on any atom is 0.275 e. The number of carbonyl (C=O) groups excluding carboxylic acids is 1. The predicted molar refractivity (Wildman–Crippen MR) is 106 cm³/mol. The van der Waals surface area contributed by atoms with E-state index in [1.165, 1.54) is 35.7 Å². The van der Waals surface area contributed by atoms with E-state index < -0.39 is 10.0 Å². The lowest BCUT2D eigenvalue weighted by Crippen LogP contribution is -3.15. The van der Waals surface area contributed by atoms with Crippen molar-refractivity contribution >= 4 is 15.9 Å². The number of benzene rings is 2. The highest BCUT2D eigenvalue weighted by atomic mass is 32.2. The second-order valence-corrected chi connectivity index (χ2v) is 8.85. The van der Waals surface area contributed by atoms with Crippen LogP contribution in [-0.2, 0) is 21.4 Å². The van der Waals surface area contributed by atoms with Crippen LogP contribution in [0.4, 0.5) is 4.39 Å². The van der Waals surface area contributed by atoms with Gasteiger partial charge in [0.2, 0.25) is 10.0 Å². The van der Waals surface area contributed by atoms with Crippen LogP contribution < -0.4 is 15.0 Å². The van der Waals surface area contributed by atoms with Crippen molar-refractivity contribution < 1.29 is 27.2 Å². The first-order chi connectivity index (χ1) is 13.9. The van der Waals surface area contributed by atoms with E-state index in [1.807, 2.05) is 0 Å². The predicted octanol–water partition coefficient (Wildman–Crippen LogP) is 0.0399. The summed E-state index contributed by atoms with van der Waals surface area (Å²) in [6.07, 6.45) is 0. The lowest BCUT2D eigenvalue weighted by atomic mass is 10.2. The number of nitrogens with zero attached hydrogens (tertiary/aromatic N) is 1. The van der Waals surface area contributed by atoms with Crippen molar-refractivity contribution in [1.29, 1.82) is 0 Å². The summed E-state index contributed by atoms with van der Waals surface area (Å²) in [5.74, 6) is 0.174. The first-order valence-electron chi connectivity index (χ1n) is 9.37. The minimum atomic E-state index is -3.56. The van der Waals surface area contributed by atoms with Crippen LogP contribution >= 0.6 is 0 Å². The number of hydrogen-bond acceptors (Lipinski definition) is 4. The van der Waals surface area contributed by atoms with E-state index in [0.29, 0.717) is 38.5 Å². The number of hydrogen-bond donors (Lipinski definition) is 2. The third kappa shape index (κ3) is 5.53. The molecule has 7 nitrogen and oxygen atoms in total. The fourth-order valence-corrected chi connectivity index (χ4v) is 4.65. The molecule has 0 atom stereocenters. The molecule has 29 heavy (non-hydrogen) atoms. The molecule has 0 saturated carbocycles. The second kappa shape index (κ2) is 9.34. The molecule has 0 aromatic heterocycles.